The van der Waals surface area contributed by atoms with Crippen LogP contribution in [0.3, 0.4) is 0 Å². The number of rotatable bonds is 6. The van der Waals surface area contributed by atoms with Gasteiger partial charge in [-0.3, -0.25) is 4.79 Å². The summed E-state index contributed by atoms with van der Waals surface area (Å²) in [4.78, 5) is 26.6. The molecule has 31 heavy (non-hydrogen) atoms. The molecule has 0 bridgehead atoms. The van der Waals surface area contributed by atoms with Crippen LogP contribution in [0.4, 0.5) is 9.18 Å². The van der Waals surface area contributed by atoms with E-state index in [1.807, 2.05) is 37.6 Å². The van der Waals surface area contributed by atoms with Crippen LogP contribution in [0, 0.1) is 5.82 Å². The van der Waals surface area contributed by atoms with Crippen LogP contribution in [-0.2, 0) is 4.74 Å². The third kappa shape index (κ3) is 6.47. The summed E-state index contributed by atoms with van der Waals surface area (Å²) in [6.07, 6.45) is 3.09. The average Bonchev–Trinajstić information content (AvgIpc) is 3.20. The fourth-order valence-electron chi connectivity index (χ4n) is 3.54. The molecule has 2 aromatic rings. The molecule has 2 heterocycles. The lowest BCUT2D eigenvalue weighted by Crippen LogP contribution is -2.42. The van der Waals surface area contributed by atoms with E-state index >= 15 is 0 Å². The van der Waals surface area contributed by atoms with Gasteiger partial charge in [-0.1, -0.05) is 6.07 Å². The number of ether oxygens (including phenoxy) is 2. The van der Waals surface area contributed by atoms with E-state index in [4.69, 9.17) is 9.47 Å². The van der Waals surface area contributed by atoms with Crippen molar-refractivity contribution in [3.63, 3.8) is 0 Å². The number of carbonyl (C=O) groups is 2. The highest BCUT2D eigenvalue weighted by Gasteiger charge is 2.28. The van der Waals surface area contributed by atoms with E-state index in [9.17, 15) is 14.0 Å². The van der Waals surface area contributed by atoms with Gasteiger partial charge in [0.05, 0.1) is 6.54 Å². The monoisotopic (exact) mass is 431 g/mol. The molecule has 1 aliphatic heterocycles. The summed E-state index contributed by atoms with van der Waals surface area (Å²) in [5.74, 6) is -0.131. The number of amides is 2. The van der Waals surface area contributed by atoms with E-state index in [0.717, 1.165) is 12.8 Å². The first-order valence-corrected chi connectivity index (χ1v) is 10.5. The van der Waals surface area contributed by atoms with Gasteiger partial charge in [0.2, 0.25) is 0 Å². The molecular formula is C23H30FN3O4. The van der Waals surface area contributed by atoms with Crippen molar-refractivity contribution in [2.24, 2.45) is 0 Å². The highest BCUT2D eigenvalue weighted by atomic mass is 19.1. The summed E-state index contributed by atoms with van der Waals surface area (Å²) < 4.78 is 26.0. The first-order chi connectivity index (χ1) is 14.7. The number of likely N-dealkylation sites (tertiary alicyclic amines) is 1. The van der Waals surface area contributed by atoms with Gasteiger partial charge >= 0.3 is 6.09 Å². The molecule has 0 radical (unpaired) electrons. The quantitative estimate of drug-likeness (QED) is 0.702. The van der Waals surface area contributed by atoms with Crippen molar-refractivity contribution < 1.29 is 23.5 Å². The molecule has 1 saturated heterocycles. The van der Waals surface area contributed by atoms with Crippen molar-refractivity contribution in [3.05, 3.63) is 54.1 Å². The summed E-state index contributed by atoms with van der Waals surface area (Å²) in [6.45, 7) is 7.27. The molecule has 1 N–H and O–H groups in total. The topological polar surface area (TPSA) is 72.8 Å². The Kier molecular flexibility index (Phi) is 7.20. The summed E-state index contributed by atoms with van der Waals surface area (Å²) >= 11 is 0. The molecule has 2 amide bonds. The first-order valence-electron chi connectivity index (χ1n) is 10.5. The Balaban J connectivity index is 1.48. The molecule has 1 aromatic heterocycles. The van der Waals surface area contributed by atoms with Crippen molar-refractivity contribution in [2.75, 3.05) is 26.2 Å². The number of nitrogens with one attached hydrogen (secondary N) is 1. The Morgan fingerprint density at radius 2 is 1.90 bits per heavy atom. The number of nitrogens with zero attached hydrogens (tertiary/aromatic N) is 2. The van der Waals surface area contributed by atoms with Gasteiger partial charge in [-0.05, 0) is 57.9 Å². The molecule has 1 aromatic carbocycles. The van der Waals surface area contributed by atoms with Crippen LogP contribution in [0.1, 0.15) is 50.1 Å². The van der Waals surface area contributed by atoms with Crippen LogP contribution in [0.25, 0.3) is 0 Å². The zero-order valence-corrected chi connectivity index (χ0v) is 18.3. The summed E-state index contributed by atoms with van der Waals surface area (Å²) in [5.41, 5.74) is 0.0549. The molecule has 0 unspecified atom stereocenters. The van der Waals surface area contributed by atoms with Crippen LogP contribution in [-0.4, -0.2) is 53.3 Å². The molecular weight excluding hydrogens is 401 g/mol. The van der Waals surface area contributed by atoms with E-state index < -0.39 is 5.60 Å². The fraction of sp³-hybridized carbons (Fsp3) is 0.478. The number of piperidine rings is 1. The van der Waals surface area contributed by atoms with Gasteiger partial charge in [-0.25, -0.2) is 9.18 Å². The Bertz CT molecular complexity index is 898. The second-order valence-electron chi connectivity index (χ2n) is 8.56. The second-order valence-corrected chi connectivity index (χ2v) is 8.56. The zero-order valence-electron chi connectivity index (χ0n) is 18.3. The Morgan fingerprint density at radius 3 is 2.58 bits per heavy atom. The normalized spacial score (nSPS) is 14.9. The minimum absolute atomic E-state index is 0.137. The lowest BCUT2D eigenvalue weighted by molar-refractivity contribution is 0.0187. The van der Waals surface area contributed by atoms with Gasteiger partial charge in [0.25, 0.3) is 5.91 Å². The number of hydrogen-bond donors (Lipinski definition) is 1. The molecule has 168 valence electrons. The van der Waals surface area contributed by atoms with Crippen LogP contribution in [0.5, 0.6) is 5.75 Å². The Hall–Kier alpha value is -3.03. The Morgan fingerprint density at radius 1 is 1.16 bits per heavy atom. The fourth-order valence-corrected chi connectivity index (χ4v) is 3.54. The maximum absolute atomic E-state index is 13.2. The smallest absolute Gasteiger partial charge is 0.410 e. The maximum Gasteiger partial charge on any atom is 0.410 e. The number of aromatic nitrogens is 1. The molecule has 0 saturated carbocycles. The summed E-state index contributed by atoms with van der Waals surface area (Å²) in [7, 11) is 0. The van der Waals surface area contributed by atoms with Gasteiger partial charge in [-0.15, -0.1) is 0 Å². The molecule has 7 nitrogen and oxygen atoms in total. The van der Waals surface area contributed by atoms with Crippen LogP contribution in [0.15, 0.2) is 42.6 Å². The van der Waals surface area contributed by atoms with Crippen molar-refractivity contribution in [2.45, 2.75) is 45.3 Å². The number of benzene rings is 1. The highest BCUT2D eigenvalue weighted by molar-refractivity contribution is 5.92. The van der Waals surface area contributed by atoms with Gasteiger partial charge in [0.1, 0.15) is 29.5 Å². The van der Waals surface area contributed by atoms with E-state index in [1.54, 1.807) is 23.1 Å². The largest absolute Gasteiger partial charge is 0.492 e. The molecule has 0 aliphatic carbocycles. The third-order valence-electron chi connectivity index (χ3n) is 4.97. The SMILES string of the molecule is CC(C)(C)OC(=O)N1CCC(n2cccc2C(=O)NCCOc2cccc(F)c2)CC1. The molecule has 0 spiro atoms. The lowest BCUT2D eigenvalue weighted by Gasteiger charge is -2.34. The molecule has 0 atom stereocenters. The predicted octanol–water partition coefficient (Wildman–Crippen LogP) is 4.01. The van der Waals surface area contributed by atoms with E-state index in [0.29, 0.717) is 31.1 Å². The molecule has 8 heteroatoms. The number of halogens is 1. The summed E-state index contributed by atoms with van der Waals surface area (Å²) in [5, 5.41) is 2.84. The number of hydrogen-bond acceptors (Lipinski definition) is 4. The van der Waals surface area contributed by atoms with Crippen LogP contribution in [0.2, 0.25) is 0 Å². The van der Waals surface area contributed by atoms with E-state index in [-0.39, 0.29) is 30.5 Å². The minimum Gasteiger partial charge on any atom is -0.492 e. The second kappa shape index (κ2) is 9.85. The lowest BCUT2D eigenvalue weighted by atomic mass is 10.0. The minimum atomic E-state index is -0.516. The third-order valence-corrected chi connectivity index (χ3v) is 4.97. The first kappa shape index (κ1) is 22.7. The van der Waals surface area contributed by atoms with Gasteiger partial charge in [0.15, 0.2) is 0 Å². The van der Waals surface area contributed by atoms with Gasteiger partial charge in [0, 0.05) is 31.4 Å². The van der Waals surface area contributed by atoms with Gasteiger partial charge in [-0.2, -0.15) is 0 Å². The van der Waals surface area contributed by atoms with Crippen molar-refractivity contribution in [1.29, 1.82) is 0 Å². The van der Waals surface area contributed by atoms with Crippen LogP contribution >= 0.6 is 0 Å². The van der Waals surface area contributed by atoms with Crippen LogP contribution < -0.4 is 10.1 Å². The molecule has 1 aliphatic rings. The molecule has 1 fully saturated rings. The Labute approximate surface area is 182 Å². The van der Waals surface area contributed by atoms with Gasteiger partial charge < -0.3 is 24.3 Å². The predicted molar refractivity (Wildman–Crippen MR) is 115 cm³/mol. The van der Waals surface area contributed by atoms with Crippen molar-refractivity contribution in [3.8, 4) is 5.75 Å². The zero-order chi connectivity index (χ0) is 22.4. The summed E-state index contributed by atoms with van der Waals surface area (Å²) in [6, 6.07) is 9.65. The van der Waals surface area contributed by atoms with E-state index in [1.165, 1.54) is 12.1 Å². The van der Waals surface area contributed by atoms with Crippen molar-refractivity contribution in [1.82, 2.24) is 14.8 Å². The standard InChI is InChI=1S/C23H30FN3O4/c1-23(2,3)31-22(29)26-13-9-18(10-14-26)27-12-5-8-20(27)21(28)25-11-15-30-19-7-4-6-17(24)16-19/h4-8,12,16,18H,9-11,13-15H2,1-3H3,(H,25,28). The molecule has 3 rings (SSSR count). The van der Waals surface area contributed by atoms with E-state index in [2.05, 4.69) is 5.32 Å². The van der Waals surface area contributed by atoms with Crippen molar-refractivity contribution >= 4 is 12.0 Å². The maximum atomic E-state index is 13.2. The average molecular weight is 432 g/mol. The number of carbonyl (C=O) groups excluding carboxylic acids is 2. The highest BCUT2D eigenvalue weighted by Crippen LogP contribution is 2.25.